The normalized spacial score (nSPS) is 12.9. The van der Waals surface area contributed by atoms with Gasteiger partial charge in [-0.3, -0.25) is 0 Å². The Hall–Kier alpha value is -3.18. The van der Waals surface area contributed by atoms with Crippen molar-refractivity contribution in [3.8, 4) is 11.5 Å². The Morgan fingerprint density at radius 3 is 2.57 bits per heavy atom. The third kappa shape index (κ3) is 7.65. The summed E-state index contributed by atoms with van der Waals surface area (Å²) in [5.74, 6) is 1.29. The van der Waals surface area contributed by atoms with E-state index in [1.54, 1.807) is 6.07 Å². The molecule has 0 bridgehead atoms. The van der Waals surface area contributed by atoms with Gasteiger partial charge in [-0.15, -0.1) is 0 Å². The minimum atomic E-state index is 0.357. The molecule has 4 rings (SSSR count). The summed E-state index contributed by atoms with van der Waals surface area (Å²) >= 11 is 0. The molecule has 0 aliphatic carbocycles. The molecule has 1 aliphatic heterocycles. The van der Waals surface area contributed by atoms with Crippen molar-refractivity contribution in [3.63, 3.8) is 0 Å². The Bertz CT molecular complexity index is 1100. The van der Waals surface area contributed by atoms with Crippen molar-refractivity contribution in [1.29, 1.82) is 0 Å². The van der Waals surface area contributed by atoms with E-state index in [2.05, 4.69) is 83.6 Å². The molecule has 0 unspecified atom stereocenters. The lowest BCUT2D eigenvalue weighted by Gasteiger charge is -2.35. The van der Waals surface area contributed by atoms with Crippen molar-refractivity contribution in [2.45, 2.75) is 59.0 Å². The molecule has 0 radical (unpaired) electrons. The van der Waals surface area contributed by atoms with Crippen molar-refractivity contribution in [2.24, 2.45) is 0 Å². The maximum Gasteiger partial charge on any atom is 0.119 e. The van der Waals surface area contributed by atoms with Crippen LogP contribution in [0.25, 0.3) is 0 Å². The van der Waals surface area contributed by atoms with Gasteiger partial charge < -0.3 is 25.0 Å². The lowest BCUT2D eigenvalue weighted by molar-refractivity contribution is 0.313. The highest BCUT2D eigenvalue weighted by Crippen LogP contribution is 2.34. The van der Waals surface area contributed by atoms with E-state index in [0.717, 1.165) is 51.4 Å². The lowest BCUT2D eigenvalue weighted by atomic mass is 9.98. The average molecular weight is 502 g/mol. The van der Waals surface area contributed by atoms with Crippen LogP contribution in [0.4, 0.5) is 11.4 Å². The molecule has 37 heavy (non-hydrogen) atoms. The number of fused-ring (bicyclic) bond motifs is 1. The Morgan fingerprint density at radius 1 is 0.919 bits per heavy atom. The molecule has 3 aromatic carbocycles. The van der Waals surface area contributed by atoms with Crippen molar-refractivity contribution in [1.82, 2.24) is 5.32 Å². The van der Waals surface area contributed by atoms with E-state index in [1.807, 2.05) is 6.07 Å². The number of anilines is 2. The number of nitrogens with zero attached hydrogens (tertiary/aromatic N) is 2. The number of ether oxygens (including phenoxy) is 1. The van der Waals surface area contributed by atoms with Gasteiger partial charge in [0.05, 0.1) is 11.4 Å². The molecule has 0 saturated heterocycles. The van der Waals surface area contributed by atoms with Crippen LogP contribution in [0.15, 0.2) is 66.7 Å². The zero-order valence-electron chi connectivity index (χ0n) is 22.6. The van der Waals surface area contributed by atoms with Crippen LogP contribution in [0.5, 0.6) is 11.5 Å². The van der Waals surface area contributed by atoms with Gasteiger partial charge in [0, 0.05) is 32.7 Å². The highest BCUT2D eigenvalue weighted by molar-refractivity contribution is 5.72. The Kier molecular flexibility index (Phi) is 10.1. The molecule has 1 aliphatic rings. The fourth-order valence-corrected chi connectivity index (χ4v) is 5.07. The molecule has 198 valence electrons. The molecular weight excluding hydrogens is 458 g/mol. The first-order valence-electron chi connectivity index (χ1n) is 14.0. The van der Waals surface area contributed by atoms with Crippen LogP contribution in [0.1, 0.15) is 56.2 Å². The monoisotopic (exact) mass is 501 g/mol. The standard InChI is InChI=1S/C32H43N3O2/c1-3-5-6-9-19-33-20-22-37-30-16-12-26(13-17-30)24-34(4-2)31-10-7-8-11-32(31)35-21-18-27-23-29(36)15-14-28(27)25-35/h7-8,10-17,23,33,36H,3-6,9,18-22,24-25H2,1-2H3. The molecule has 0 saturated carbocycles. The predicted molar refractivity (Wildman–Crippen MR) is 155 cm³/mol. The number of nitrogens with one attached hydrogen (secondary N) is 1. The Labute approximate surface area is 223 Å². The molecule has 0 spiro atoms. The van der Waals surface area contributed by atoms with E-state index >= 15 is 0 Å². The molecule has 5 nitrogen and oxygen atoms in total. The van der Waals surface area contributed by atoms with Crippen LogP contribution in [0.3, 0.4) is 0 Å². The number of benzene rings is 3. The second-order valence-electron chi connectivity index (χ2n) is 9.93. The lowest BCUT2D eigenvalue weighted by Crippen LogP contribution is -2.32. The summed E-state index contributed by atoms with van der Waals surface area (Å²) in [4.78, 5) is 4.91. The zero-order valence-corrected chi connectivity index (χ0v) is 22.6. The quantitative estimate of drug-likeness (QED) is 0.246. The number of aromatic hydroxyl groups is 1. The first-order chi connectivity index (χ1) is 18.2. The van der Waals surface area contributed by atoms with E-state index in [4.69, 9.17) is 4.74 Å². The van der Waals surface area contributed by atoms with Crippen LogP contribution in [-0.2, 0) is 19.5 Å². The number of phenols is 1. The first kappa shape index (κ1) is 26.9. The number of unbranched alkanes of at least 4 members (excludes halogenated alkanes) is 3. The van der Waals surface area contributed by atoms with Gasteiger partial charge in [-0.05, 0) is 79.4 Å². The van der Waals surface area contributed by atoms with Crippen LogP contribution >= 0.6 is 0 Å². The number of hydrogen-bond donors (Lipinski definition) is 2. The fraction of sp³-hybridized carbons (Fsp3) is 0.438. The Morgan fingerprint density at radius 2 is 1.76 bits per heavy atom. The molecule has 0 atom stereocenters. The first-order valence-corrected chi connectivity index (χ1v) is 14.0. The van der Waals surface area contributed by atoms with E-state index in [1.165, 1.54) is 53.7 Å². The fourth-order valence-electron chi connectivity index (χ4n) is 5.07. The van der Waals surface area contributed by atoms with Gasteiger partial charge in [0.1, 0.15) is 18.1 Å². The van der Waals surface area contributed by atoms with Crippen molar-refractivity contribution >= 4 is 11.4 Å². The maximum absolute atomic E-state index is 9.84. The average Bonchev–Trinajstić information content (AvgIpc) is 2.93. The smallest absolute Gasteiger partial charge is 0.119 e. The molecule has 3 aromatic rings. The minimum Gasteiger partial charge on any atom is -0.508 e. The molecule has 2 N–H and O–H groups in total. The number of hydrogen-bond acceptors (Lipinski definition) is 5. The minimum absolute atomic E-state index is 0.357. The van der Waals surface area contributed by atoms with Gasteiger partial charge in [0.25, 0.3) is 0 Å². The molecule has 0 amide bonds. The number of para-hydroxylation sites is 2. The van der Waals surface area contributed by atoms with Gasteiger partial charge >= 0.3 is 0 Å². The highest BCUT2D eigenvalue weighted by Gasteiger charge is 2.21. The maximum atomic E-state index is 9.84. The van der Waals surface area contributed by atoms with Crippen LogP contribution < -0.4 is 19.9 Å². The van der Waals surface area contributed by atoms with Gasteiger partial charge in [-0.25, -0.2) is 0 Å². The molecule has 5 heteroatoms. The third-order valence-electron chi connectivity index (χ3n) is 7.20. The molecule has 1 heterocycles. The third-order valence-corrected chi connectivity index (χ3v) is 7.20. The number of rotatable bonds is 14. The molecule has 0 aromatic heterocycles. The summed E-state index contributed by atoms with van der Waals surface area (Å²) < 4.78 is 5.94. The molecule has 0 fully saturated rings. The van der Waals surface area contributed by atoms with E-state index < -0.39 is 0 Å². The predicted octanol–water partition coefficient (Wildman–Crippen LogP) is 6.53. The van der Waals surface area contributed by atoms with Gasteiger partial charge in [0.2, 0.25) is 0 Å². The molecular formula is C32H43N3O2. The second kappa shape index (κ2) is 13.9. The van der Waals surface area contributed by atoms with Crippen molar-refractivity contribution in [2.75, 3.05) is 42.6 Å². The summed E-state index contributed by atoms with van der Waals surface area (Å²) in [6.45, 7) is 10.7. The Balaban J connectivity index is 1.33. The van der Waals surface area contributed by atoms with Crippen molar-refractivity contribution in [3.05, 3.63) is 83.4 Å². The van der Waals surface area contributed by atoms with Crippen molar-refractivity contribution < 1.29 is 9.84 Å². The summed E-state index contributed by atoms with van der Waals surface area (Å²) in [5, 5.41) is 13.3. The second-order valence-corrected chi connectivity index (χ2v) is 9.93. The van der Waals surface area contributed by atoms with Crippen LogP contribution in [0, 0.1) is 0 Å². The summed E-state index contributed by atoms with van der Waals surface area (Å²) in [7, 11) is 0. The van der Waals surface area contributed by atoms with Crippen LogP contribution in [0.2, 0.25) is 0 Å². The largest absolute Gasteiger partial charge is 0.508 e. The van der Waals surface area contributed by atoms with Gasteiger partial charge in [0.15, 0.2) is 0 Å². The highest BCUT2D eigenvalue weighted by atomic mass is 16.5. The van der Waals surface area contributed by atoms with Gasteiger partial charge in [-0.1, -0.05) is 56.5 Å². The summed E-state index contributed by atoms with van der Waals surface area (Å²) in [6, 6.07) is 23.0. The zero-order chi connectivity index (χ0) is 25.9. The van der Waals surface area contributed by atoms with E-state index in [9.17, 15) is 5.11 Å². The summed E-state index contributed by atoms with van der Waals surface area (Å²) in [5.41, 5.74) is 6.36. The van der Waals surface area contributed by atoms with Gasteiger partial charge in [-0.2, -0.15) is 0 Å². The van der Waals surface area contributed by atoms with Crippen LogP contribution in [-0.4, -0.2) is 37.9 Å². The van der Waals surface area contributed by atoms with E-state index in [-0.39, 0.29) is 0 Å². The number of phenolic OH excluding ortho intramolecular Hbond substituents is 1. The summed E-state index contributed by atoms with van der Waals surface area (Å²) in [6.07, 6.45) is 6.10. The topological polar surface area (TPSA) is 48.0 Å². The SMILES string of the molecule is CCCCCCNCCOc1ccc(CN(CC)c2ccccc2N2CCc3cc(O)ccc3C2)cc1. The van der Waals surface area contributed by atoms with E-state index in [0.29, 0.717) is 12.4 Å².